The summed E-state index contributed by atoms with van der Waals surface area (Å²) in [7, 11) is 1.64. The fraction of sp³-hybridized carbons (Fsp3) is 0.500. The Morgan fingerprint density at radius 3 is 2.65 bits per heavy atom. The predicted octanol–water partition coefficient (Wildman–Crippen LogP) is 2.71. The van der Waals surface area contributed by atoms with Gasteiger partial charge in [0.25, 0.3) is 5.91 Å². The van der Waals surface area contributed by atoms with Crippen molar-refractivity contribution in [3.8, 4) is 5.75 Å². The van der Waals surface area contributed by atoms with Crippen molar-refractivity contribution in [2.75, 3.05) is 7.05 Å². The van der Waals surface area contributed by atoms with E-state index in [2.05, 4.69) is 19.2 Å². The van der Waals surface area contributed by atoms with Gasteiger partial charge in [-0.15, -0.1) is 0 Å². The van der Waals surface area contributed by atoms with Gasteiger partial charge >= 0.3 is 0 Å². The number of amides is 1. The number of ether oxygens (including phenoxy) is 1. The van der Waals surface area contributed by atoms with Gasteiger partial charge < -0.3 is 10.1 Å². The molecule has 1 saturated carbocycles. The smallest absolute Gasteiger partial charge is 0.251 e. The van der Waals surface area contributed by atoms with Crippen LogP contribution in [0.4, 0.5) is 0 Å². The van der Waals surface area contributed by atoms with Crippen molar-refractivity contribution in [3.63, 3.8) is 0 Å². The molecule has 17 heavy (non-hydrogen) atoms. The van der Waals surface area contributed by atoms with E-state index in [0.717, 1.165) is 18.6 Å². The molecule has 0 radical (unpaired) electrons. The molecule has 1 aromatic carbocycles. The minimum atomic E-state index is -0.0686. The lowest BCUT2D eigenvalue weighted by atomic mass is 10.00. The monoisotopic (exact) mass is 233 g/mol. The molecule has 3 heteroatoms. The second-order valence-corrected chi connectivity index (χ2v) is 4.80. The molecule has 0 aromatic heterocycles. The number of rotatable bonds is 4. The van der Waals surface area contributed by atoms with Crippen molar-refractivity contribution < 1.29 is 9.53 Å². The summed E-state index contributed by atoms with van der Waals surface area (Å²) in [4.78, 5) is 11.6. The summed E-state index contributed by atoms with van der Waals surface area (Å²) in [6.45, 7) is 4.27. The first-order valence-electron chi connectivity index (χ1n) is 6.14. The predicted molar refractivity (Wildman–Crippen MR) is 67.6 cm³/mol. The van der Waals surface area contributed by atoms with Gasteiger partial charge in [-0.1, -0.05) is 19.9 Å². The Morgan fingerprint density at radius 2 is 2.12 bits per heavy atom. The molecule has 0 atom stereocenters. The number of carbonyl (C=O) groups is 1. The average molecular weight is 233 g/mol. The van der Waals surface area contributed by atoms with Crippen LogP contribution in [-0.2, 0) is 0 Å². The quantitative estimate of drug-likeness (QED) is 0.868. The Kier molecular flexibility index (Phi) is 3.36. The Hall–Kier alpha value is -1.51. The number of hydrogen-bond acceptors (Lipinski definition) is 2. The molecule has 0 unspecified atom stereocenters. The van der Waals surface area contributed by atoms with E-state index >= 15 is 0 Å². The Bertz CT molecular complexity index is 422. The zero-order valence-corrected chi connectivity index (χ0v) is 10.6. The van der Waals surface area contributed by atoms with Gasteiger partial charge in [-0.2, -0.15) is 0 Å². The lowest BCUT2D eigenvalue weighted by Crippen LogP contribution is -2.18. The summed E-state index contributed by atoms with van der Waals surface area (Å²) >= 11 is 0. The number of carbonyl (C=O) groups excluding carboxylic acids is 1. The van der Waals surface area contributed by atoms with Crippen LogP contribution in [0.2, 0.25) is 0 Å². The summed E-state index contributed by atoms with van der Waals surface area (Å²) in [6, 6.07) is 5.70. The third-order valence-electron chi connectivity index (χ3n) is 2.94. The molecule has 0 saturated heterocycles. The van der Waals surface area contributed by atoms with Gasteiger partial charge in [0, 0.05) is 12.6 Å². The lowest BCUT2D eigenvalue weighted by molar-refractivity contribution is 0.0962. The Labute approximate surface area is 102 Å². The van der Waals surface area contributed by atoms with E-state index in [9.17, 15) is 4.79 Å². The summed E-state index contributed by atoms with van der Waals surface area (Å²) in [5.74, 6) is 1.20. The van der Waals surface area contributed by atoms with Crippen molar-refractivity contribution >= 4 is 5.91 Å². The largest absolute Gasteiger partial charge is 0.490 e. The van der Waals surface area contributed by atoms with Gasteiger partial charge in [0.15, 0.2) is 0 Å². The molecular weight excluding hydrogens is 214 g/mol. The van der Waals surface area contributed by atoms with Crippen LogP contribution in [0.3, 0.4) is 0 Å². The van der Waals surface area contributed by atoms with E-state index in [1.165, 1.54) is 5.56 Å². The molecule has 92 valence electrons. The third-order valence-corrected chi connectivity index (χ3v) is 2.94. The van der Waals surface area contributed by atoms with Crippen LogP contribution < -0.4 is 10.1 Å². The molecular formula is C14H19NO2. The highest BCUT2D eigenvalue weighted by atomic mass is 16.5. The highest BCUT2D eigenvalue weighted by Crippen LogP contribution is 2.33. The molecule has 2 rings (SSSR count). The van der Waals surface area contributed by atoms with E-state index in [-0.39, 0.29) is 5.91 Å². The fourth-order valence-electron chi connectivity index (χ4n) is 1.76. The van der Waals surface area contributed by atoms with Crippen LogP contribution in [0, 0.1) is 0 Å². The molecule has 0 spiro atoms. The molecule has 1 fully saturated rings. The van der Waals surface area contributed by atoms with Crippen molar-refractivity contribution in [2.24, 2.45) is 0 Å². The molecule has 0 heterocycles. The van der Waals surface area contributed by atoms with E-state index in [1.807, 2.05) is 18.2 Å². The average Bonchev–Trinajstić information content (AvgIpc) is 3.11. The molecule has 0 bridgehead atoms. The van der Waals surface area contributed by atoms with E-state index in [1.54, 1.807) is 7.05 Å². The van der Waals surface area contributed by atoms with Crippen LogP contribution >= 0.6 is 0 Å². The first-order valence-corrected chi connectivity index (χ1v) is 6.14. The molecule has 0 aliphatic heterocycles. The van der Waals surface area contributed by atoms with Gasteiger partial charge in [-0.3, -0.25) is 4.79 Å². The second kappa shape index (κ2) is 4.78. The van der Waals surface area contributed by atoms with Gasteiger partial charge in [-0.05, 0) is 36.5 Å². The van der Waals surface area contributed by atoms with Crippen molar-refractivity contribution in [1.29, 1.82) is 0 Å². The molecule has 1 aliphatic carbocycles. The summed E-state index contributed by atoms with van der Waals surface area (Å²) < 4.78 is 5.87. The van der Waals surface area contributed by atoms with Crippen LogP contribution in [0.1, 0.15) is 48.5 Å². The molecule has 1 aromatic rings. The zero-order valence-electron chi connectivity index (χ0n) is 10.6. The summed E-state index contributed by atoms with van der Waals surface area (Å²) in [5, 5.41) is 2.63. The normalized spacial score (nSPS) is 14.8. The van der Waals surface area contributed by atoms with Crippen molar-refractivity contribution in [1.82, 2.24) is 5.32 Å². The minimum Gasteiger partial charge on any atom is -0.490 e. The van der Waals surface area contributed by atoms with Gasteiger partial charge in [0.05, 0.1) is 6.10 Å². The number of hydrogen-bond donors (Lipinski definition) is 1. The first-order chi connectivity index (χ1) is 8.11. The molecule has 1 amide bonds. The van der Waals surface area contributed by atoms with E-state index in [4.69, 9.17) is 4.74 Å². The third kappa shape index (κ3) is 2.78. The first kappa shape index (κ1) is 12.0. The van der Waals surface area contributed by atoms with Gasteiger partial charge in [0.1, 0.15) is 5.75 Å². The maximum Gasteiger partial charge on any atom is 0.251 e. The molecule has 1 N–H and O–H groups in total. The number of benzene rings is 1. The highest BCUT2D eigenvalue weighted by Gasteiger charge is 2.25. The SMILES string of the molecule is CNC(=O)c1ccc(C(C)C)c(OC2CC2)c1. The van der Waals surface area contributed by atoms with E-state index in [0.29, 0.717) is 17.6 Å². The zero-order chi connectivity index (χ0) is 12.4. The van der Waals surface area contributed by atoms with E-state index < -0.39 is 0 Å². The van der Waals surface area contributed by atoms with Crippen molar-refractivity contribution in [2.45, 2.75) is 38.7 Å². The lowest BCUT2D eigenvalue weighted by Gasteiger charge is -2.14. The summed E-state index contributed by atoms with van der Waals surface area (Å²) in [6.07, 6.45) is 2.61. The van der Waals surface area contributed by atoms with Gasteiger partial charge in [-0.25, -0.2) is 0 Å². The van der Waals surface area contributed by atoms with Gasteiger partial charge in [0.2, 0.25) is 0 Å². The van der Waals surface area contributed by atoms with Crippen LogP contribution in [0.25, 0.3) is 0 Å². The van der Waals surface area contributed by atoms with Crippen LogP contribution in [0.5, 0.6) is 5.75 Å². The van der Waals surface area contributed by atoms with Crippen LogP contribution in [-0.4, -0.2) is 19.1 Å². The maximum atomic E-state index is 11.6. The molecule has 1 aliphatic rings. The fourth-order valence-corrected chi connectivity index (χ4v) is 1.76. The molecule has 3 nitrogen and oxygen atoms in total. The summed E-state index contributed by atoms with van der Waals surface area (Å²) in [5.41, 5.74) is 1.83. The Morgan fingerprint density at radius 1 is 1.41 bits per heavy atom. The second-order valence-electron chi connectivity index (χ2n) is 4.80. The maximum absolute atomic E-state index is 11.6. The number of nitrogens with one attached hydrogen (secondary N) is 1. The topological polar surface area (TPSA) is 38.3 Å². The Balaban J connectivity index is 2.30. The standard InChI is InChI=1S/C14H19NO2/c1-9(2)12-7-4-10(14(16)15-3)8-13(12)17-11-5-6-11/h4,7-9,11H,5-6H2,1-3H3,(H,15,16). The highest BCUT2D eigenvalue weighted by molar-refractivity contribution is 5.94. The van der Waals surface area contributed by atoms with Crippen molar-refractivity contribution in [3.05, 3.63) is 29.3 Å². The van der Waals surface area contributed by atoms with Crippen LogP contribution in [0.15, 0.2) is 18.2 Å². The minimum absolute atomic E-state index is 0.0686.